The van der Waals surface area contributed by atoms with Gasteiger partial charge < -0.3 is 0 Å². The summed E-state index contributed by atoms with van der Waals surface area (Å²) in [6.45, 7) is 6.94. The quantitative estimate of drug-likeness (QED) is 0.288. The smallest absolute Gasteiger partial charge is 0.00208 e. The van der Waals surface area contributed by atoms with Gasteiger partial charge in [0.25, 0.3) is 0 Å². The van der Waals surface area contributed by atoms with Crippen molar-refractivity contribution in [3.8, 4) is 0 Å². The normalized spacial score (nSPS) is 13.8. The molecule has 3 unspecified atom stereocenters. The lowest BCUT2D eigenvalue weighted by Crippen LogP contribution is -2.24. The molecule has 110 valence electrons. The molecule has 0 aliphatic heterocycles. The first-order valence-electron chi connectivity index (χ1n) is 8.16. The fourth-order valence-electron chi connectivity index (χ4n) is 2.73. The van der Waals surface area contributed by atoms with E-state index in [9.17, 15) is 0 Å². The topological polar surface area (TPSA) is 0 Å². The standard InChI is InChI=1S/C16H36P2/c1-4-7-9-11-13-15(6-3)16(17,18)14-12-10-8-5-2/h15H,4-14,17-18H2,1-3H3. The molecule has 0 nitrogen and oxygen atoms in total. The maximum absolute atomic E-state index is 3.15. The van der Waals surface area contributed by atoms with Crippen LogP contribution in [0.5, 0.6) is 0 Å². The van der Waals surface area contributed by atoms with Crippen LogP contribution in [0.15, 0.2) is 0 Å². The van der Waals surface area contributed by atoms with E-state index in [0.717, 1.165) is 5.92 Å². The summed E-state index contributed by atoms with van der Waals surface area (Å²) in [5, 5.41) is 0. The van der Waals surface area contributed by atoms with Crippen molar-refractivity contribution in [2.24, 2.45) is 5.92 Å². The summed E-state index contributed by atoms with van der Waals surface area (Å²) in [5.74, 6) is 0.867. The Kier molecular flexibility index (Phi) is 12.2. The van der Waals surface area contributed by atoms with Gasteiger partial charge in [0, 0.05) is 4.90 Å². The zero-order valence-electron chi connectivity index (χ0n) is 13.0. The van der Waals surface area contributed by atoms with Crippen LogP contribution in [0.4, 0.5) is 0 Å². The van der Waals surface area contributed by atoms with Gasteiger partial charge in [0.1, 0.15) is 0 Å². The summed E-state index contributed by atoms with van der Waals surface area (Å²) < 4.78 is 0. The third kappa shape index (κ3) is 8.87. The Bertz CT molecular complexity index is 178. The average molecular weight is 290 g/mol. The van der Waals surface area contributed by atoms with Crippen LogP contribution in [0.3, 0.4) is 0 Å². The molecule has 0 spiro atoms. The zero-order chi connectivity index (χ0) is 13.9. The Hall–Kier alpha value is 0.860. The van der Waals surface area contributed by atoms with Crippen LogP contribution in [0.1, 0.15) is 91.4 Å². The summed E-state index contributed by atoms with van der Waals surface area (Å²) in [6.07, 6.45) is 15.3. The van der Waals surface area contributed by atoms with E-state index >= 15 is 0 Å². The summed E-state index contributed by atoms with van der Waals surface area (Å²) in [4.78, 5) is 0.398. The van der Waals surface area contributed by atoms with E-state index in [0.29, 0.717) is 4.90 Å². The van der Waals surface area contributed by atoms with Gasteiger partial charge in [-0.1, -0.05) is 78.6 Å². The molecule has 0 aromatic carbocycles. The van der Waals surface area contributed by atoms with E-state index in [1.54, 1.807) is 0 Å². The molecule has 0 fully saturated rings. The van der Waals surface area contributed by atoms with Gasteiger partial charge in [-0.2, -0.15) is 0 Å². The molecule has 0 aromatic rings. The van der Waals surface area contributed by atoms with Crippen molar-refractivity contribution in [1.82, 2.24) is 0 Å². The minimum atomic E-state index is 0.398. The first-order valence-corrected chi connectivity index (χ1v) is 9.31. The minimum Gasteiger partial charge on any atom is -0.127 e. The van der Waals surface area contributed by atoms with Crippen molar-refractivity contribution in [2.45, 2.75) is 96.3 Å². The Balaban J connectivity index is 3.92. The lowest BCUT2D eigenvalue weighted by atomic mass is 9.91. The van der Waals surface area contributed by atoms with Crippen LogP contribution in [-0.2, 0) is 0 Å². The zero-order valence-corrected chi connectivity index (χ0v) is 15.3. The van der Waals surface area contributed by atoms with Gasteiger partial charge in [0.2, 0.25) is 0 Å². The second-order valence-corrected chi connectivity index (χ2v) is 8.69. The molecule has 0 amide bonds. The van der Waals surface area contributed by atoms with E-state index < -0.39 is 0 Å². The van der Waals surface area contributed by atoms with E-state index in [-0.39, 0.29) is 0 Å². The van der Waals surface area contributed by atoms with Crippen molar-refractivity contribution in [3.05, 3.63) is 0 Å². The van der Waals surface area contributed by atoms with Crippen LogP contribution in [0.2, 0.25) is 0 Å². The first-order chi connectivity index (χ1) is 8.58. The van der Waals surface area contributed by atoms with Crippen molar-refractivity contribution in [3.63, 3.8) is 0 Å². The van der Waals surface area contributed by atoms with Crippen LogP contribution < -0.4 is 0 Å². The molecule has 0 bridgehead atoms. The molecule has 3 atom stereocenters. The van der Waals surface area contributed by atoms with Crippen molar-refractivity contribution in [1.29, 1.82) is 0 Å². The van der Waals surface area contributed by atoms with Gasteiger partial charge in [-0.15, -0.1) is 18.5 Å². The highest BCUT2D eigenvalue weighted by Gasteiger charge is 2.27. The van der Waals surface area contributed by atoms with Gasteiger partial charge in [0.15, 0.2) is 0 Å². The van der Waals surface area contributed by atoms with E-state index in [1.807, 2.05) is 0 Å². The highest BCUT2D eigenvalue weighted by Crippen LogP contribution is 2.44. The van der Waals surface area contributed by atoms with Gasteiger partial charge in [-0.3, -0.25) is 0 Å². The van der Waals surface area contributed by atoms with Crippen molar-refractivity contribution >= 4 is 18.5 Å². The van der Waals surface area contributed by atoms with E-state index in [4.69, 9.17) is 0 Å². The summed E-state index contributed by atoms with van der Waals surface area (Å²) in [6, 6.07) is 0. The highest BCUT2D eigenvalue weighted by molar-refractivity contribution is 7.39. The molecule has 0 saturated carbocycles. The molecular weight excluding hydrogens is 254 g/mol. The molecule has 2 heteroatoms. The Labute approximate surface area is 121 Å². The number of hydrogen-bond donors (Lipinski definition) is 0. The SMILES string of the molecule is CCCCCCC(CC)C(P)(P)CCCCCC. The van der Waals surface area contributed by atoms with E-state index in [1.165, 1.54) is 70.6 Å². The molecule has 0 aliphatic carbocycles. The van der Waals surface area contributed by atoms with Gasteiger partial charge >= 0.3 is 0 Å². The van der Waals surface area contributed by atoms with Crippen LogP contribution in [-0.4, -0.2) is 4.90 Å². The largest absolute Gasteiger partial charge is 0.127 e. The molecule has 0 heterocycles. The second-order valence-electron chi connectivity index (χ2n) is 5.88. The fraction of sp³-hybridized carbons (Fsp3) is 1.00. The number of hydrogen-bond acceptors (Lipinski definition) is 0. The molecule has 0 saturated heterocycles. The van der Waals surface area contributed by atoms with E-state index in [2.05, 4.69) is 39.3 Å². The van der Waals surface area contributed by atoms with Crippen LogP contribution >= 0.6 is 18.5 Å². The van der Waals surface area contributed by atoms with Gasteiger partial charge in [-0.25, -0.2) is 0 Å². The second kappa shape index (κ2) is 11.7. The molecule has 0 N–H and O–H groups in total. The maximum atomic E-state index is 3.15. The molecule has 0 radical (unpaired) electrons. The molecule has 0 aliphatic rings. The molecule has 0 aromatic heterocycles. The molecular formula is C16H36P2. The molecule has 0 rings (SSSR count). The monoisotopic (exact) mass is 290 g/mol. The highest BCUT2D eigenvalue weighted by atomic mass is 31.1. The molecule has 18 heavy (non-hydrogen) atoms. The Morgan fingerprint density at radius 1 is 0.778 bits per heavy atom. The fourth-order valence-corrected chi connectivity index (χ4v) is 3.95. The Morgan fingerprint density at radius 3 is 1.83 bits per heavy atom. The predicted octanol–water partition coefficient (Wildman–Crippen LogP) is 6.40. The third-order valence-electron chi connectivity index (χ3n) is 4.12. The van der Waals surface area contributed by atoms with Gasteiger partial charge in [0.05, 0.1) is 0 Å². The summed E-state index contributed by atoms with van der Waals surface area (Å²) in [5.41, 5.74) is 0. The summed E-state index contributed by atoms with van der Waals surface area (Å²) >= 11 is 0. The van der Waals surface area contributed by atoms with Crippen molar-refractivity contribution < 1.29 is 0 Å². The maximum Gasteiger partial charge on any atom is 0.00208 e. The first kappa shape index (κ1) is 18.9. The van der Waals surface area contributed by atoms with Crippen LogP contribution in [0.25, 0.3) is 0 Å². The minimum absolute atomic E-state index is 0.398. The lowest BCUT2D eigenvalue weighted by molar-refractivity contribution is 0.382. The van der Waals surface area contributed by atoms with Gasteiger partial charge in [-0.05, 0) is 18.8 Å². The van der Waals surface area contributed by atoms with Crippen LogP contribution in [0, 0.1) is 5.92 Å². The lowest BCUT2D eigenvalue weighted by Gasteiger charge is -2.34. The number of rotatable bonds is 12. The third-order valence-corrected chi connectivity index (χ3v) is 5.64. The Morgan fingerprint density at radius 2 is 1.33 bits per heavy atom. The summed E-state index contributed by atoms with van der Waals surface area (Å²) in [7, 11) is 6.29. The van der Waals surface area contributed by atoms with Crippen molar-refractivity contribution in [2.75, 3.05) is 0 Å². The predicted molar refractivity (Wildman–Crippen MR) is 93.5 cm³/mol. The number of unbranched alkanes of at least 4 members (excludes halogenated alkanes) is 6. The average Bonchev–Trinajstić information content (AvgIpc) is 2.34.